The van der Waals surface area contributed by atoms with Gasteiger partial charge in [-0.05, 0) is 6.92 Å². The Kier molecular flexibility index (Phi) is 6.52. The highest BCUT2D eigenvalue weighted by molar-refractivity contribution is 7.99. The zero-order valence-corrected chi connectivity index (χ0v) is 15.2. The molecule has 0 spiro atoms. The van der Waals surface area contributed by atoms with Gasteiger partial charge in [-0.1, -0.05) is 11.8 Å². The Morgan fingerprint density at radius 3 is 2.77 bits per heavy atom. The molecule has 0 atom stereocenters. The van der Waals surface area contributed by atoms with Crippen molar-refractivity contribution in [1.82, 2.24) is 19.1 Å². The van der Waals surface area contributed by atoms with E-state index in [1.807, 2.05) is 6.92 Å². The second-order valence-corrected chi connectivity index (χ2v) is 6.15. The normalized spacial score (nSPS) is 10.8. The van der Waals surface area contributed by atoms with E-state index in [2.05, 4.69) is 9.97 Å². The molecular formula is C15H19N5O5S. The number of aromatic amines is 1. The zero-order chi connectivity index (χ0) is 19.3. The molecule has 0 amide bonds. The van der Waals surface area contributed by atoms with E-state index in [0.29, 0.717) is 11.7 Å². The van der Waals surface area contributed by atoms with Gasteiger partial charge < -0.3 is 15.0 Å². The van der Waals surface area contributed by atoms with Crippen molar-refractivity contribution < 1.29 is 9.53 Å². The average Bonchev–Trinajstić information content (AvgIpc) is 2.59. The van der Waals surface area contributed by atoms with Crippen LogP contribution in [0.5, 0.6) is 0 Å². The molecule has 0 radical (unpaired) electrons. The predicted molar refractivity (Wildman–Crippen MR) is 96.8 cm³/mol. The number of aryl methyl sites for hydroxylation is 1. The molecule has 0 aliphatic carbocycles. The standard InChI is InChI=1S/C15H19N5O5S/c1-3-19-5-4-10(22)17-15(19)26-8-9(21)11-12(16)20(6-7-25-2)14(24)18-13(11)23/h4-5H,3,6-8,16H2,1-2H3,(H,18,23,24). The van der Waals surface area contributed by atoms with Gasteiger partial charge in [-0.15, -0.1) is 0 Å². The predicted octanol–water partition coefficient (Wildman–Crippen LogP) is -0.683. The Morgan fingerprint density at radius 1 is 1.38 bits per heavy atom. The number of methoxy groups -OCH3 is 1. The van der Waals surface area contributed by atoms with Crippen LogP contribution in [0.3, 0.4) is 0 Å². The third kappa shape index (κ3) is 4.29. The van der Waals surface area contributed by atoms with Crippen LogP contribution in [0.2, 0.25) is 0 Å². The summed E-state index contributed by atoms with van der Waals surface area (Å²) in [5.41, 5.74) is 3.59. The molecule has 0 bridgehead atoms. The number of thioether (sulfide) groups is 1. The summed E-state index contributed by atoms with van der Waals surface area (Å²) in [5, 5.41) is 0.357. The number of ketones is 1. The SMILES string of the molecule is CCn1ccc(=O)nc1SCC(=O)c1c(N)n(CCOC)c(=O)[nH]c1=O. The van der Waals surface area contributed by atoms with Crippen LogP contribution in [-0.2, 0) is 17.8 Å². The Bertz CT molecular complexity index is 978. The first-order valence-corrected chi connectivity index (χ1v) is 8.72. The topological polar surface area (TPSA) is 142 Å². The van der Waals surface area contributed by atoms with E-state index in [-0.39, 0.29) is 30.3 Å². The summed E-state index contributed by atoms with van der Waals surface area (Å²) in [7, 11) is 1.45. The third-order valence-electron chi connectivity index (χ3n) is 3.56. The highest BCUT2D eigenvalue weighted by Crippen LogP contribution is 2.16. The van der Waals surface area contributed by atoms with E-state index in [9.17, 15) is 19.2 Å². The van der Waals surface area contributed by atoms with Crippen LogP contribution in [0.15, 0.2) is 31.8 Å². The minimum atomic E-state index is -0.847. The van der Waals surface area contributed by atoms with E-state index in [0.717, 1.165) is 16.3 Å². The molecule has 2 rings (SSSR count). The van der Waals surface area contributed by atoms with Gasteiger partial charge in [0, 0.05) is 25.9 Å². The van der Waals surface area contributed by atoms with Gasteiger partial charge in [0.25, 0.3) is 11.1 Å². The number of anilines is 1. The van der Waals surface area contributed by atoms with E-state index in [4.69, 9.17) is 10.5 Å². The molecule has 2 heterocycles. The zero-order valence-electron chi connectivity index (χ0n) is 14.4. The lowest BCUT2D eigenvalue weighted by Crippen LogP contribution is -2.37. The minimum absolute atomic E-state index is 0.0982. The number of carbonyl (C=O) groups is 1. The largest absolute Gasteiger partial charge is 0.384 e. The third-order valence-corrected chi connectivity index (χ3v) is 4.55. The summed E-state index contributed by atoms with van der Waals surface area (Å²) >= 11 is 1.02. The van der Waals surface area contributed by atoms with Gasteiger partial charge in [-0.3, -0.25) is 23.9 Å². The van der Waals surface area contributed by atoms with Crippen LogP contribution in [0.4, 0.5) is 5.82 Å². The number of carbonyl (C=O) groups excluding carboxylic acids is 1. The fourth-order valence-corrected chi connectivity index (χ4v) is 3.15. The summed E-state index contributed by atoms with van der Waals surface area (Å²) in [6.45, 7) is 2.72. The Balaban J connectivity index is 2.30. The summed E-state index contributed by atoms with van der Waals surface area (Å²) in [4.78, 5) is 53.7. The van der Waals surface area contributed by atoms with Crippen molar-refractivity contribution in [2.45, 2.75) is 25.2 Å². The fourth-order valence-electron chi connectivity index (χ4n) is 2.23. The van der Waals surface area contributed by atoms with Crippen molar-refractivity contribution >= 4 is 23.4 Å². The second-order valence-electron chi connectivity index (χ2n) is 5.21. The number of hydrogen-bond acceptors (Lipinski definition) is 8. The van der Waals surface area contributed by atoms with Gasteiger partial charge in [0.15, 0.2) is 10.9 Å². The smallest absolute Gasteiger partial charge is 0.330 e. The summed E-state index contributed by atoms with van der Waals surface area (Å²) in [5.74, 6) is -0.942. The Morgan fingerprint density at radius 2 is 2.12 bits per heavy atom. The van der Waals surface area contributed by atoms with Crippen LogP contribution >= 0.6 is 11.8 Å². The molecule has 2 aromatic heterocycles. The quantitative estimate of drug-likeness (QED) is 0.348. The summed E-state index contributed by atoms with van der Waals surface area (Å²) in [6, 6.07) is 1.32. The van der Waals surface area contributed by atoms with Gasteiger partial charge in [-0.2, -0.15) is 4.98 Å². The number of nitrogen functional groups attached to an aromatic ring is 1. The Hall–Kier alpha value is -2.66. The first-order valence-electron chi connectivity index (χ1n) is 7.74. The monoisotopic (exact) mass is 381 g/mol. The molecule has 11 heteroatoms. The van der Waals surface area contributed by atoms with Crippen molar-refractivity contribution in [3.8, 4) is 0 Å². The molecular weight excluding hydrogens is 362 g/mol. The van der Waals surface area contributed by atoms with Crippen LogP contribution in [-0.4, -0.2) is 44.4 Å². The maximum Gasteiger partial charge on any atom is 0.330 e. The molecule has 140 valence electrons. The van der Waals surface area contributed by atoms with Gasteiger partial charge in [0.2, 0.25) is 0 Å². The van der Waals surface area contributed by atoms with Crippen molar-refractivity contribution in [3.63, 3.8) is 0 Å². The van der Waals surface area contributed by atoms with Crippen molar-refractivity contribution in [2.24, 2.45) is 0 Å². The molecule has 0 saturated carbocycles. The van der Waals surface area contributed by atoms with E-state index in [1.165, 1.54) is 13.2 Å². The molecule has 0 aliphatic rings. The number of nitrogens with zero attached hydrogens (tertiary/aromatic N) is 3. The van der Waals surface area contributed by atoms with Gasteiger partial charge in [0.05, 0.1) is 18.9 Å². The van der Waals surface area contributed by atoms with Gasteiger partial charge >= 0.3 is 5.69 Å². The number of nitrogens with one attached hydrogen (secondary N) is 1. The Labute approximate surface area is 152 Å². The van der Waals surface area contributed by atoms with Crippen LogP contribution < -0.4 is 22.5 Å². The molecule has 10 nitrogen and oxygen atoms in total. The average molecular weight is 381 g/mol. The van der Waals surface area contributed by atoms with E-state index < -0.39 is 22.6 Å². The lowest BCUT2D eigenvalue weighted by Gasteiger charge is -2.12. The highest BCUT2D eigenvalue weighted by atomic mass is 32.2. The first kappa shape index (κ1) is 19.7. The summed E-state index contributed by atoms with van der Waals surface area (Å²) < 4.78 is 7.67. The molecule has 2 aromatic rings. The number of H-pyrrole nitrogens is 1. The van der Waals surface area contributed by atoms with Crippen molar-refractivity contribution in [2.75, 3.05) is 25.2 Å². The number of ether oxygens (including phenoxy) is 1. The molecule has 0 aliphatic heterocycles. The molecule has 0 fully saturated rings. The number of aromatic nitrogens is 4. The van der Waals surface area contributed by atoms with Crippen molar-refractivity contribution in [1.29, 1.82) is 0 Å². The van der Waals surface area contributed by atoms with E-state index >= 15 is 0 Å². The summed E-state index contributed by atoms with van der Waals surface area (Å²) in [6.07, 6.45) is 1.58. The maximum atomic E-state index is 12.5. The molecule has 0 unspecified atom stereocenters. The molecule has 0 saturated heterocycles. The van der Waals surface area contributed by atoms with Crippen LogP contribution in [0.25, 0.3) is 0 Å². The lowest BCUT2D eigenvalue weighted by molar-refractivity contribution is 0.102. The fraction of sp³-hybridized carbons (Fsp3) is 0.400. The number of hydrogen-bond donors (Lipinski definition) is 2. The van der Waals surface area contributed by atoms with Crippen LogP contribution in [0.1, 0.15) is 17.3 Å². The van der Waals surface area contributed by atoms with Crippen molar-refractivity contribution in [3.05, 3.63) is 49.0 Å². The molecule has 3 N–H and O–H groups in total. The maximum absolute atomic E-state index is 12.5. The molecule has 0 aromatic carbocycles. The van der Waals surface area contributed by atoms with Gasteiger partial charge in [-0.25, -0.2) is 4.79 Å². The molecule has 26 heavy (non-hydrogen) atoms. The second kappa shape index (κ2) is 8.63. The number of rotatable bonds is 8. The van der Waals surface area contributed by atoms with Gasteiger partial charge in [0.1, 0.15) is 11.4 Å². The first-order chi connectivity index (χ1) is 12.4. The lowest BCUT2D eigenvalue weighted by atomic mass is 10.2. The number of nitrogens with two attached hydrogens (primary N) is 1. The van der Waals surface area contributed by atoms with E-state index in [1.54, 1.807) is 10.8 Å². The minimum Gasteiger partial charge on any atom is -0.384 e. The highest BCUT2D eigenvalue weighted by Gasteiger charge is 2.20. The van der Waals surface area contributed by atoms with Crippen LogP contribution in [0, 0.1) is 0 Å². The number of Topliss-reactive ketones (excluding diaryl/α,β-unsaturated/α-hetero) is 1.